The average Bonchev–Trinajstić information content (AvgIpc) is 2.67. The van der Waals surface area contributed by atoms with Gasteiger partial charge in [-0.15, -0.1) is 0 Å². The summed E-state index contributed by atoms with van der Waals surface area (Å²) in [7, 11) is 3.94. The van der Waals surface area contributed by atoms with Gasteiger partial charge in [0, 0.05) is 50.6 Å². The van der Waals surface area contributed by atoms with Crippen LogP contribution in [0.3, 0.4) is 0 Å². The zero-order chi connectivity index (χ0) is 20.7. The third-order valence-electron chi connectivity index (χ3n) is 4.92. The van der Waals surface area contributed by atoms with Gasteiger partial charge in [-0.25, -0.2) is 4.79 Å². The third kappa shape index (κ3) is 5.68. The summed E-state index contributed by atoms with van der Waals surface area (Å²) in [5.74, 6) is 0.357. The van der Waals surface area contributed by atoms with E-state index in [0.717, 1.165) is 56.6 Å². The number of fused-ring (bicyclic) bond motifs is 1. The number of likely N-dealkylation sites (N-methyl/N-ethyl adjacent to an activating group) is 1. The Morgan fingerprint density at radius 1 is 1.32 bits per heavy atom. The minimum absolute atomic E-state index is 0.186. The summed E-state index contributed by atoms with van der Waals surface area (Å²) in [5, 5.41) is 13.1. The quantitative estimate of drug-likeness (QED) is 0.549. The minimum atomic E-state index is -0.512. The number of aliphatic hydroxyl groups is 1. The predicted molar refractivity (Wildman–Crippen MR) is 111 cm³/mol. The van der Waals surface area contributed by atoms with E-state index in [2.05, 4.69) is 35.3 Å². The molecule has 2 heterocycles. The van der Waals surface area contributed by atoms with Crippen molar-refractivity contribution in [3.05, 3.63) is 50.2 Å². The van der Waals surface area contributed by atoms with Crippen molar-refractivity contribution in [3.63, 3.8) is 0 Å². The normalized spacial score (nSPS) is 17.8. The number of nitrogens with one attached hydrogen (secondary N) is 1. The lowest BCUT2D eigenvalue weighted by Gasteiger charge is -2.30. The molecule has 0 amide bonds. The molecule has 1 aliphatic heterocycles. The van der Waals surface area contributed by atoms with Crippen molar-refractivity contribution in [1.29, 1.82) is 0 Å². The van der Waals surface area contributed by atoms with Gasteiger partial charge in [0.15, 0.2) is 0 Å². The van der Waals surface area contributed by atoms with Gasteiger partial charge in [-0.05, 0) is 31.2 Å². The maximum Gasteiger partial charge on any atom is 0.344 e. The molecule has 1 fully saturated rings. The van der Waals surface area contributed by atoms with Crippen LogP contribution in [0.4, 0.5) is 0 Å². The van der Waals surface area contributed by atoms with Crippen molar-refractivity contribution in [2.75, 3.05) is 46.8 Å². The van der Waals surface area contributed by atoms with Crippen LogP contribution in [0.15, 0.2) is 27.2 Å². The SMILES string of the molecule is C=C(O)/C=c1/c(=O)oc2c(c1=C)CCC(NC)=C2.CN1CCN(CC=O)CC1. The number of nitrogens with zero attached hydrogens (tertiary/aromatic N) is 2. The first-order valence-electron chi connectivity index (χ1n) is 9.33. The largest absolute Gasteiger partial charge is 0.509 e. The van der Waals surface area contributed by atoms with Gasteiger partial charge in [0.1, 0.15) is 17.8 Å². The van der Waals surface area contributed by atoms with Crippen LogP contribution < -0.4 is 21.4 Å². The monoisotopic (exact) mass is 387 g/mol. The predicted octanol–water partition coefficient (Wildman–Crippen LogP) is -0.158. The molecule has 0 spiro atoms. The van der Waals surface area contributed by atoms with E-state index in [1.165, 1.54) is 6.08 Å². The molecule has 0 radical (unpaired) electrons. The number of aliphatic hydroxyl groups excluding tert-OH is 1. The molecule has 2 N–H and O–H groups in total. The van der Waals surface area contributed by atoms with Crippen molar-refractivity contribution in [1.82, 2.24) is 15.1 Å². The van der Waals surface area contributed by atoms with E-state index in [1.54, 1.807) is 0 Å². The zero-order valence-corrected chi connectivity index (χ0v) is 16.7. The lowest BCUT2D eigenvalue weighted by Crippen LogP contribution is -2.44. The second-order valence-corrected chi connectivity index (χ2v) is 6.95. The molecule has 0 saturated carbocycles. The lowest BCUT2D eigenvalue weighted by atomic mass is 9.98. The second-order valence-electron chi connectivity index (χ2n) is 6.95. The Bertz CT molecular complexity index is 909. The Morgan fingerprint density at radius 2 is 2.00 bits per heavy atom. The lowest BCUT2D eigenvalue weighted by molar-refractivity contribution is -0.109. The highest BCUT2D eigenvalue weighted by atomic mass is 16.4. The van der Waals surface area contributed by atoms with Crippen molar-refractivity contribution in [2.24, 2.45) is 0 Å². The second kappa shape index (κ2) is 10.1. The number of carbonyl (C=O) groups excluding carboxylic acids is 1. The molecule has 0 unspecified atom stereocenters. The summed E-state index contributed by atoms with van der Waals surface area (Å²) in [4.78, 5) is 26.4. The first kappa shape index (κ1) is 21.7. The molecule has 7 heteroatoms. The van der Waals surface area contributed by atoms with Gasteiger partial charge < -0.3 is 24.5 Å². The molecule has 2 aliphatic rings. The van der Waals surface area contributed by atoms with E-state index in [0.29, 0.717) is 17.5 Å². The molecule has 1 aromatic rings. The highest BCUT2D eigenvalue weighted by Crippen LogP contribution is 2.17. The molecule has 152 valence electrons. The highest BCUT2D eigenvalue weighted by molar-refractivity contribution is 5.55. The Labute approximate surface area is 164 Å². The van der Waals surface area contributed by atoms with Crippen LogP contribution in [-0.4, -0.2) is 68.0 Å². The number of hydrogen-bond donors (Lipinski definition) is 2. The number of aldehydes is 1. The minimum Gasteiger partial charge on any atom is -0.509 e. The molecule has 7 nitrogen and oxygen atoms in total. The van der Waals surface area contributed by atoms with Crippen LogP contribution in [0.5, 0.6) is 0 Å². The van der Waals surface area contributed by atoms with Crippen molar-refractivity contribution in [2.45, 2.75) is 12.8 Å². The molecule has 0 aromatic carbocycles. The number of hydrogen-bond acceptors (Lipinski definition) is 7. The van der Waals surface area contributed by atoms with Crippen LogP contribution >= 0.6 is 0 Å². The van der Waals surface area contributed by atoms with E-state index in [4.69, 9.17) is 9.52 Å². The molecular weight excluding hydrogens is 358 g/mol. The molecule has 1 saturated heterocycles. The summed E-state index contributed by atoms with van der Waals surface area (Å²) in [6.45, 7) is 12.1. The first-order chi connectivity index (χ1) is 13.3. The van der Waals surface area contributed by atoms with Gasteiger partial charge in [-0.3, -0.25) is 4.90 Å². The zero-order valence-electron chi connectivity index (χ0n) is 16.7. The molecule has 0 atom stereocenters. The van der Waals surface area contributed by atoms with Gasteiger partial charge in [0.2, 0.25) is 0 Å². The van der Waals surface area contributed by atoms with Crippen LogP contribution in [0, 0.1) is 0 Å². The van der Waals surface area contributed by atoms with Gasteiger partial charge >= 0.3 is 5.63 Å². The summed E-state index contributed by atoms with van der Waals surface area (Å²) in [6, 6.07) is 0. The Balaban J connectivity index is 0.000000237. The molecule has 1 aliphatic carbocycles. The van der Waals surface area contributed by atoms with E-state index >= 15 is 0 Å². The molecule has 1 aromatic heterocycles. The fourth-order valence-electron chi connectivity index (χ4n) is 3.18. The summed E-state index contributed by atoms with van der Waals surface area (Å²) >= 11 is 0. The van der Waals surface area contributed by atoms with Crippen molar-refractivity contribution < 1.29 is 14.3 Å². The summed E-state index contributed by atoms with van der Waals surface area (Å²) in [6.07, 6.45) is 5.67. The van der Waals surface area contributed by atoms with E-state index < -0.39 is 5.63 Å². The van der Waals surface area contributed by atoms with E-state index in [1.807, 2.05) is 13.1 Å². The van der Waals surface area contributed by atoms with Crippen molar-refractivity contribution in [3.8, 4) is 0 Å². The molecule has 0 bridgehead atoms. The van der Waals surface area contributed by atoms with Crippen LogP contribution in [0.2, 0.25) is 0 Å². The van der Waals surface area contributed by atoms with E-state index in [9.17, 15) is 9.59 Å². The highest BCUT2D eigenvalue weighted by Gasteiger charge is 2.15. The van der Waals surface area contributed by atoms with Gasteiger partial charge in [0.05, 0.1) is 11.8 Å². The van der Waals surface area contributed by atoms with Crippen molar-refractivity contribution >= 4 is 25.0 Å². The summed E-state index contributed by atoms with van der Waals surface area (Å²) < 4.78 is 5.25. The maximum absolute atomic E-state index is 11.8. The topological polar surface area (TPSA) is 86.0 Å². The smallest absolute Gasteiger partial charge is 0.344 e. The van der Waals surface area contributed by atoms with Gasteiger partial charge in [-0.1, -0.05) is 13.2 Å². The number of rotatable bonds is 4. The molecule has 28 heavy (non-hydrogen) atoms. The summed E-state index contributed by atoms with van der Waals surface area (Å²) in [5.41, 5.74) is 1.41. The number of carbonyl (C=O) groups is 1. The number of allylic oxidation sites excluding steroid dienone is 2. The standard InChI is InChI=1S/C14H15NO3.C7H14N2O/c1-8(16)6-12-9(2)11-5-4-10(15-3)7-13(11)18-14(12)17;1-8-2-4-9(5-3-8)6-7-10/h6-7,15-16H,1-2,4-5H2,3H3;7H,2-6H2,1H3/b12-6+;. The number of piperazine rings is 1. The first-order valence-corrected chi connectivity index (χ1v) is 9.33. The van der Waals surface area contributed by atoms with Crippen LogP contribution in [0.1, 0.15) is 17.7 Å². The fourth-order valence-corrected chi connectivity index (χ4v) is 3.18. The van der Waals surface area contributed by atoms with Gasteiger partial charge in [-0.2, -0.15) is 0 Å². The Hall–Kier alpha value is -2.64. The van der Waals surface area contributed by atoms with E-state index in [-0.39, 0.29) is 11.0 Å². The fraction of sp³-hybridized carbons (Fsp3) is 0.429. The maximum atomic E-state index is 11.8. The Kier molecular flexibility index (Phi) is 7.78. The van der Waals surface area contributed by atoms with Crippen LogP contribution in [0.25, 0.3) is 18.7 Å². The molecule has 3 rings (SSSR count). The molecular formula is C21H29N3O4. The van der Waals surface area contributed by atoms with Crippen LogP contribution in [-0.2, 0) is 11.2 Å². The Morgan fingerprint density at radius 3 is 2.57 bits per heavy atom. The van der Waals surface area contributed by atoms with Gasteiger partial charge in [0.25, 0.3) is 0 Å². The average molecular weight is 387 g/mol. The third-order valence-corrected chi connectivity index (χ3v) is 4.92.